The topological polar surface area (TPSA) is 75.7 Å². The first kappa shape index (κ1) is 16.5. The number of urea groups is 1. The summed E-state index contributed by atoms with van der Waals surface area (Å²) in [6.07, 6.45) is 3.71. The quantitative estimate of drug-likeness (QED) is 0.682. The van der Waals surface area contributed by atoms with Gasteiger partial charge < -0.3 is 10.1 Å². The number of nitrogens with zero attached hydrogens (tertiary/aromatic N) is 1. The van der Waals surface area contributed by atoms with Crippen LogP contribution in [0.5, 0.6) is 0 Å². The van der Waals surface area contributed by atoms with Gasteiger partial charge in [-0.25, -0.2) is 9.59 Å². The maximum absolute atomic E-state index is 12.9. The summed E-state index contributed by atoms with van der Waals surface area (Å²) in [4.78, 5) is 38.0. The molecule has 1 heterocycles. The lowest BCUT2D eigenvalue weighted by Crippen LogP contribution is -2.53. The van der Waals surface area contributed by atoms with Crippen LogP contribution in [0.1, 0.15) is 48.5 Å². The number of esters is 1. The smallest absolute Gasteiger partial charge is 0.337 e. The minimum Gasteiger partial charge on any atom is -0.465 e. The van der Waals surface area contributed by atoms with E-state index in [0.29, 0.717) is 12.0 Å². The SMILES string of the molecule is COC(=O)c1ccc(CN2C(=O)N[C@@]3(CCCC[C@@H]3C)C2=O)cc1. The largest absolute Gasteiger partial charge is 0.465 e. The number of ether oxygens (including phenoxy) is 1. The van der Waals surface area contributed by atoms with E-state index < -0.39 is 11.5 Å². The van der Waals surface area contributed by atoms with E-state index in [1.165, 1.54) is 12.0 Å². The highest BCUT2D eigenvalue weighted by Gasteiger charge is 2.54. The number of amides is 3. The molecule has 2 atom stereocenters. The van der Waals surface area contributed by atoms with Crippen LogP contribution < -0.4 is 5.32 Å². The van der Waals surface area contributed by atoms with E-state index >= 15 is 0 Å². The molecule has 3 rings (SSSR count). The van der Waals surface area contributed by atoms with Crippen molar-refractivity contribution in [2.45, 2.75) is 44.7 Å². The third kappa shape index (κ3) is 2.66. The van der Waals surface area contributed by atoms with Gasteiger partial charge in [0.15, 0.2) is 0 Å². The number of nitrogens with one attached hydrogen (secondary N) is 1. The Hall–Kier alpha value is -2.37. The van der Waals surface area contributed by atoms with Crippen molar-refractivity contribution in [1.29, 1.82) is 0 Å². The molecule has 2 aliphatic rings. The summed E-state index contributed by atoms with van der Waals surface area (Å²) in [6, 6.07) is 6.42. The summed E-state index contributed by atoms with van der Waals surface area (Å²) in [5.74, 6) is -0.391. The Morgan fingerprint density at radius 2 is 2.00 bits per heavy atom. The molecule has 1 aromatic rings. The Bertz CT molecular complexity index is 670. The van der Waals surface area contributed by atoms with Crippen LogP contribution in [0.25, 0.3) is 0 Å². The lowest BCUT2D eigenvalue weighted by molar-refractivity contribution is -0.134. The van der Waals surface area contributed by atoms with Crippen LogP contribution in [0.4, 0.5) is 4.79 Å². The monoisotopic (exact) mass is 330 g/mol. The Kier molecular flexibility index (Phi) is 4.30. The van der Waals surface area contributed by atoms with Crippen LogP contribution in [0.3, 0.4) is 0 Å². The molecule has 1 saturated carbocycles. The number of carbonyl (C=O) groups excluding carboxylic acids is 3. The van der Waals surface area contributed by atoms with Gasteiger partial charge in [-0.2, -0.15) is 0 Å². The van der Waals surface area contributed by atoms with Crippen molar-refractivity contribution in [3.63, 3.8) is 0 Å². The van der Waals surface area contributed by atoms with Gasteiger partial charge in [0.25, 0.3) is 5.91 Å². The van der Waals surface area contributed by atoms with Crippen molar-refractivity contribution in [2.75, 3.05) is 7.11 Å². The van der Waals surface area contributed by atoms with Crippen molar-refractivity contribution < 1.29 is 19.1 Å². The predicted molar refractivity (Wildman–Crippen MR) is 87.2 cm³/mol. The van der Waals surface area contributed by atoms with E-state index in [0.717, 1.165) is 24.8 Å². The fraction of sp³-hybridized carbons (Fsp3) is 0.500. The first-order valence-electron chi connectivity index (χ1n) is 8.29. The molecule has 1 saturated heterocycles. The van der Waals surface area contributed by atoms with Gasteiger partial charge >= 0.3 is 12.0 Å². The second kappa shape index (κ2) is 6.26. The molecule has 1 aliphatic carbocycles. The third-order valence-electron chi connectivity index (χ3n) is 5.22. The molecule has 6 heteroatoms. The number of carbonyl (C=O) groups is 3. The molecule has 1 aliphatic heterocycles. The predicted octanol–water partition coefficient (Wildman–Crippen LogP) is 2.47. The van der Waals surface area contributed by atoms with Crippen molar-refractivity contribution >= 4 is 17.9 Å². The Labute approximate surface area is 141 Å². The van der Waals surface area contributed by atoms with Gasteiger partial charge in [-0.15, -0.1) is 0 Å². The molecule has 1 spiro atoms. The number of methoxy groups -OCH3 is 1. The average Bonchev–Trinajstić information content (AvgIpc) is 2.82. The number of hydrogen-bond donors (Lipinski definition) is 1. The summed E-state index contributed by atoms with van der Waals surface area (Å²) in [6.45, 7) is 2.24. The molecular weight excluding hydrogens is 308 g/mol. The molecule has 0 radical (unpaired) electrons. The number of imide groups is 1. The van der Waals surface area contributed by atoms with E-state index in [-0.39, 0.29) is 24.4 Å². The first-order chi connectivity index (χ1) is 11.5. The van der Waals surface area contributed by atoms with Gasteiger partial charge in [0.1, 0.15) is 5.54 Å². The van der Waals surface area contributed by atoms with Crippen molar-refractivity contribution in [3.05, 3.63) is 35.4 Å². The highest BCUT2D eigenvalue weighted by molar-refractivity contribution is 6.07. The molecular formula is C18H22N2O4. The van der Waals surface area contributed by atoms with Crippen LogP contribution in [-0.2, 0) is 16.1 Å². The average molecular weight is 330 g/mol. The van der Waals surface area contributed by atoms with Crippen LogP contribution >= 0.6 is 0 Å². The van der Waals surface area contributed by atoms with E-state index in [9.17, 15) is 14.4 Å². The van der Waals surface area contributed by atoms with E-state index in [4.69, 9.17) is 0 Å². The lowest BCUT2D eigenvalue weighted by atomic mass is 9.73. The standard InChI is InChI=1S/C18H22N2O4/c1-12-5-3-4-10-18(12)16(22)20(17(23)19-18)11-13-6-8-14(9-7-13)15(21)24-2/h6-9,12H,3-5,10-11H2,1-2H3,(H,19,23)/t12-,18+/m0/s1. The minimum atomic E-state index is -0.735. The lowest BCUT2D eigenvalue weighted by Gasteiger charge is -2.36. The maximum atomic E-state index is 12.9. The van der Waals surface area contributed by atoms with Gasteiger partial charge in [-0.1, -0.05) is 31.9 Å². The molecule has 0 unspecified atom stereocenters. The van der Waals surface area contributed by atoms with Crippen molar-refractivity contribution in [3.8, 4) is 0 Å². The highest BCUT2D eigenvalue weighted by Crippen LogP contribution is 2.38. The number of benzene rings is 1. The molecule has 2 fully saturated rings. The summed E-state index contributed by atoms with van der Waals surface area (Å²) in [5.41, 5.74) is 0.504. The summed E-state index contributed by atoms with van der Waals surface area (Å²) >= 11 is 0. The first-order valence-corrected chi connectivity index (χ1v) is 8.29. The van der Waals surface area contributed by atoms with Crippen LogP contribution in [0.15, 0.2) is 24.3 Å². The molecule has 3 amide bonds. The third-order valence-corrected chi connectivity index (χ3v) is 5.22. The van der Waals surface area contributed by atoms with Gasteiger partial charge in [-0.05, 0) is 36.5 Å². The summed E-state index contributed by atoms with van der Waals surface area (Å²) in [7, 11) is 1.33. The number of rotatable bonds is 3. The van der Waals surface area contributed by atoms with Gasteiger partial charge in [-0.3, -0.25) is 9.69 Å². The van der Waals surface area contributed by atoms with Gasteiger partial charge in [0.05, 0.1) is 19.2 Å². The van der Waals surface area contributed by atoms with Crippen molar-refractivity contribution in [1.82, 2.24) is 10.2 Å². The number of hydrogen-bond acceptors (Lipinski definition) is 4. The Morgan fingerprint density at radius 1 is 1.29 bits per heavy atom. The minimum absolute atomic E-state index is 0.128. The summed E-state index contributed by atoms with van der Waals surface area (Å²) < 4.78 is 4.66. The zero-order valence-corrected chi connectivity index (χ0v) is 14.0. The van der Waals surface area contributed by atoms with E-state index in [2.05, 4.69) is 10.1 Å². The van der Waals surface area contributed by atoms with Crippen molar-refractivity contribution in [2.24, 2.45) is 5.92 Å². The van der Waals surface area contributed by atoms with Gasteiger partial charge in [0, 0.05) is 0 Å². The van der Waals surface area contributed by atoms with E-state index in [1.54, 1.807) is 24.3 Å². The molecule has 0 bridgehead atoms. The molecule has 24 heavy (non-hydrogen) atoms. The van der Waals surface area contributed by atoms with Gasteiger partial charge in [0.2, 0.25) is 0 Å². The van der Waals surface area contributed by atoms with E-state index in [1.807, 2.05) is 6.92 Å². The molecule has 6 nitrogen and oxygen atoms in total. The van der Waals surface area contributed by atoms with Crippen LogP contribution in [0, 0.1) is 5.92 Å². The highest BCUT2D eigenvalue weighted by atomic mass is 16.5. The Morgan fingerprint density at radius 3 is 2.62 bits per heavy atom. The second-order valence-electron chi connectivity index (χ2n) is 6.63. The normalized spacial score (nSPS) is 26.6. The molecule has 0 aromatic heterocycles. The summed E-state index contributed by atoms with van der Waals surface area (Å²) in [5, 5.41) is 2.94. The molecule has 1 N–H and O–H groups in total. The zero-order chi connectivity index (χ0) is 17.3. The molecule has 1 aromatic carbocycles. The fourth-order valence-corrected chi connectivity index (χ4v) is 3.69. The Balaban J connectivity index is 1.77. The van der Waals surface area contributed by atoms with Crippen LogP contribution in [0.2, 0.25) is 0 Å². The zero-order valence-electron chi connectivity index (χ0n) is 14.0. The van der Waals surface area contributed by atoms with Crippen LogP contribution in [-0.4, -0.2) is 35.5 Å². The maximum Gasteiger partial charge on any atom is 0.337 e. The second-order valence-corrected chi connectivity index (χ2v) is 6.63. The fourth-order valence-electron chi connectivity index (χ4n) is 3.69. The molecule has 128 valence electrons.